The van der Waals surface area contributed by atoms with Gasteiger partial charge in [0.1, 0.15) is 0 Å². The Labute approximate surface area is 118 Å². The van der Waals surface area contributed by atoms with Gasteiger partial charge in [0.25, 0.3) is 0 Å². The average molecular weight is 264 g/mol. The Bertz CT molecular complexity index is 643. The van der Waals surface area contributed by atoms with Crippen LogP contribution in [-0.2, 0) is 0 Å². The maximum absolute atomic E-state index is 12.3. The lowest BCUT2D eigenvalue weighted by Crippen LogP contribution is -2.18. The van der Waals surface area contributed by atoms with Crippen molar-refractivity contribution in [2.45, 2.75) is 25.2 Å². The lowest BCUT2D eigenvalue weighted by Gasteiger charge is -2.24. The molecular formula is C18H16O2. The van der Waals surface area contributed by atoms with Crippen molar-refractivity contribution < 1.29 is 9.59 Å². The zero-order chi connectivity index (χ0) is 13.9. The van der Waals surface area contributed by atoms with Gasteiger partial charge >= 0.3 is 0 Å². The molecule has 0 saturated heterocycles. The largest absolute Gasteiger partial charge is 0.294 e. The molecule has 1 unspecified atom stereocenters. The Hall–Kier alpha value is -2.22. The zero-order valence-electron chi connectivity index (χ0n) is 11.2. The summed E-state index contributed by atoms with van der Waals surface area (Å²) in [4.78, 5) is 24.2. The van der Waals surface area contributed by atoms with Crippen molar-refractivity contribution in [2.75, 3.05) is 0 Å². The Kier molecular flexibility index (Phi) is 3.46. The van der Waals surface area contributed by atoms with Crippen LogP contribution in [0.5, 0.6) is 0 Å². The van der Waals surface area contributed by atoms with E-state index in [9.17, 15) is 9.59 Å². The molecule has 2 aromatic rings. The van der Waals surface area contributed by atoms with Gasteiger partial charge in [-0.3, -0.25) is 9.59 Å². The van der Waals surface area contributed by atoms with E-state index in [0.717, 1.165) is 23.1 Å². The standard InChI is InChI=1S/C18H16O2/c19-17-11-10-14(15-8-4-5-9-16(15)17)12-18(20)13-6-2-1-3-7-13/h1-9,14H,10-12H2. The number of fused-ring (bicyclic) bond motifs is 1. The van der Waals surface area contributed by atoms with Gasteiger partial charge in [0.15, 0.2) is 11.6 Å². The summed E-state index contributed by atoms with van der Waals surface area (Å²) >= 11 is 0. The monoisotopic (exact) mass is 264 g/mol. The summed E-state index contributed by atoms with van der Waals surface area (Å²) in [5.41, 5.74) is 2.58. The molecule has 2 aromatic carbocycles. The molecule has 0 radical (unpaired) electrons. The number of benzene rings is 2. The van der Waals surface area contributed by atoms with Crippen LogP contribution in [0.4, 0.5) is 0 Å². The molecular weight excluding hydrogens is 248 g/mol. The Balaban J connectivity index is 1.84. The number of hydrogen-bond acceptors (Lipinski definition) is 2. The van der Waals surface area contributed by atoms with Crippen LogP contribution in [-0.4, -0.2) is 11.6 Å². The maximum Gasteiger partial charge on any atom is 0.163 e. The predicted octanol–water partition coefficient (Wildman–Crippen LogP) is 4.02. The highest BCUT2D eigenvalue weighted by molar-refractivity contribution is 6.00. The minimum absolute atomic E-state index is 0.153. The molecule has 0 amide bonds. The van der Waals surface area contributed by atoms with E-state index in [1.54, 1.807) is 0 Å². The van der Waals surface area contributed by atoms with Crippen LogP contribution >= 0.6 is 0 Å². The van der Waals surface area contributed by atoms with Crippen molar-refractivity contribution in [3.63, 3.8) is 0 Å². The highest BCUT2D eigenvalue weighted by atomic mass is 16.1. The summed E-state index contributed by atoms with van der Waals surface area (Å²) < 4.78 is 0. The van der Waals surface area contributed by atoms with Crippen molar-refractivity contribution in [3.8, 4) is 0 Å². The van der Waals surface area contributed by atoms with Crippen molar-refractivity contribution in [3.05, 3.63) is 71.3 Å². The van der Waals surface area contributed by atoms with Gasteiger partial charge in [0.05, 0.1) is 0 Å². The van der Waals surface area contributed by atoms with Crippen LogP contribution in [0.1, 0.15) is 51.5 Å². The van der Waals surface area contributed by atoms with Crippen molar-refractivity contribution in [1.29, 1.82) is 0 Å². The summed E-state index contributed by atoms with van der Waals surface area (Å²) in [5.74, 6) is 0.514. The van der Waals surface area contributed by atoms with Gasteiger partial charge in [-0.15, -0.1) is 0 Å². The van der Waals surface area contributed by atoms with E-state index in [1.165, 1.54) is 0 Å². The molecule has 0 N–H and O–H groups in total. The molecule has 100 valence electrons. The zero-order valence-corrected chi connectivity index (χ0v) is 11.2. The number of hydrogen-bond donors (Lipinski definition) is 0. The summed E-state index contributed by atoms with van der Waals surface area (Å²) in [6.45, 7) is 0. The van der Waals surface area contributed by atoms with Gasteiger partial charge in [0, 0.05) is 24.0 Å². The highest BCUT2D eigenvalue weighted by Gasteiger charge is 2.26. The van der Waals surface area contributed by atoms with Crippen LogP contribution in [0.25, 0.3) is 0 Å². The van der Waals surface area contributed by atoms with Crippen LogP contribution in [0.2, 0.25) is 0 Å². The van der Waals surface area contributed by atoms with Crippen LogP contribution < -0.4 is 0 Å². The molecule has 0 bridgehead atoms. The lowest BCUT2D eigenvalue weighted by molar-refractivity contribution is 0.0932. The molecule has 3 rings (SSSR count). The Morgan fingerprint density at radius 2 is 1.70 bits per heavy atom. The van der Waals surface area contributed by atoms with E-state index in [4.69, 9.17) is 0 Å². The van der Waals surface area contributed by atoms with Gasteiger partial charge in [-0.25, -0.2) is 0 Å². The van der Waals surface area contributed by atoms with E-state index in [-0.39, 0.29) is 17.5 Å². The smallest absolute Gasteiger partial charge is 0.163 e. The van der Waals surface area contributed by atoms with E-state index in [0.29, 0.717) is 12.8 Å². The average Bonchev–Trinajstić information content (AvgIpc) is 2.51. The summed E-state index contributed by atoms with van der Waals surface area (Å²) in [7, 11) is 0. The van der Waals surface area contributed by atoms with Gasteiger partial charge in [-0.1, -0.05) is 54.6 Å². The second-order valence-electron chi connectivity index (χ2n) is 5.24. The Morgan fingerprint density at radius 1 is 1.00 bits per heavy atom. The van der Waals surface area contributed by atoms with Gasteiger partial charge in [-0.05, 0) is 17.9 Å². The fourth-order valence-electron chi connectivity index (χ4n) is 2.88. The first kappa shape index (κ1) is 12.8. The third kappa shape index (κ3) is 2.42. The molecule has 1 aliphatic carbocycles. The molecule has 0 spiro atoms. The fraction of sp³-hybridized carbons (Fsp3) is 0.222. The third-order valence-electron chi connectivity index (χ3n) is 3.95. The number of Topliss-reactive ketones (excluding diaryl/α,β-unsaturated/α-hetero) is 2. The van der Waals surface area contributed by atoms with Crippen LogP contribution in [0, 0.1) is 0 Å². The minimum Gasteiger partial charge on any atom is -0.294 e. The lowest BCUT2D eigenvalue weighted by atomic mass is 9.79. The molecule has 0 aliphatic heterocycles. The fourth-order valence-corrected chi connectivity index (χ4v) is 2.88. The van der Waals surface area contributed by atoms with Crippen molar-refractivity contribution in [2.24, 2.45) is 0 Å². The maximum atomic E-state index is 12.3. The predicted molar refractivity (Wildman–Crippen MR) is 78.1 cm³/mol. The number of carbonyl (C=O) groups is 2. The molecule has 2 heteroatoms. The van der Waals surface area contributed by atoms with Gasteiger partial charge in [-0.2, -0.15) is 0 Å². The molecule has 0 aromatic heterocycles. The van der Waals surface area contributed by atoms with E-state index < -0.39 is 0 Å². The first-order chi connectivity index (χ1) is 9.75. The normalized spacial score (nSPS) is 17.6. The number of carbonyl (C=O) groups excluding carboxylic acids is 2. The van der Waals surface area contributed by atoms with Crippen molar-refractivity contribution >= 4 is 11.6 Å². The first-order valence-corrected chi connectivity index (χ1v) is 6.96. The van der Waals surface area contributed by atoms with E-state index in [1.807, 2.05) is 54.6 Å². The molecule has 0 heterocycles. The summed E-state index contributed by atoms with van der Waals surface area (Å²) in [6.07, 6.45) is 1.80. The van der Waals surface area contributed by atoms with Crippen molar-refractivity contribution in [1.82, 2.24) is 0 Å². The molecule has 2 nitrogen and oxygen atoms in total. The molecule has 20 heavy (non-hydrogen) atoms. The first-order valence-electron chi connectivity index (χ1n) is 6.96. The molecule has 1 atom stereocenters. The van der Waals surface area contributed by atoms with Crippen LogP contribution in [0.3, 0.4) is 0 Å². The SMILES string of the molecule is O=C(CC1CCC(=O)c2ccccc21)c1ccccc1. The topological polar surface area (TPSA) is 34.1 Å². The second-order valence-corrected chi connectivity index (χ2v) is 5.24. The molecule has 0 fully saturated rings. The van der Waals surface area contributed by atoms with Gasteiger partial charge in [0.2, 0.25) is 0 Å². The minimum atomic E-state index is 0.153. The summed E-state index contributed by atoms with van der Waals surface area (Å²) in [6, 6.07) is 17.1. The molecule has 1 aliphatic rings. The Morgan fingerprint density at radius 3 is 2.50 bits per heavy atom. The van der Waals surface area contributed by atoms with Gasteiger partial charge < -0.3 is 0 Å². The quantitative estimate of drug-likeness (QED) is 0.785. The highest BCUT2D eigenvalue weighted by Crippen LogP contribution is 2.34. The van der Waals surface area contributed by atoms with E-state index >= 15 is 0 Å². The molecule has 0 saturated carbocycles. The number of rotatable bonds is 3. The number of ketones is 2. The summed E-state index contributed by atoms with van der Waals surface area (Å²) in [5, 5.41) is 0. The third-order valence-corrected chi connectivity index (χ3v) is 3.95. The van der Waals surface area contributed by atoms with E-state index in [2.05, 4.69) is 0 Å². The second kappa shape index (κ2) is 5.41. The van der Waals surface area contributed by atoms with Crippen LogP contribution in [0.15, 0.2) is 54.6 Å².